The fraction of sp³-hybridized carbons (Fsp3) is 0.818. The highest BCUT2D eigenvalue weighted by atomic mass is 16.5. The van der Waals surface area contributed by atoms with E-state index in [0.717, 1.165) is 12.8 Å². The van der Waals surface area contributed by atoms with Crippen LogP contribution in [0.15, 0.2) is 0 Å². The van der Waals surface area contributed by atoms with Gasteiger partial charge in [-0.25, -0.2) is 4.79 Å². The summed E-state index contributed by atoms with van der Waals surface area (Å²) in [5.74, 6) is 0.846. The number of ether oxygens (including phenoxy) is 1. The Morgan fingerprint density at radius 3 is 2.47 bits per heavy atom. The van der Waals surface area contributed by atoms with E-state index in [4.69, 9.17) is 10.3 Å². The molecule has 2 aliphatic rings. The van der Waals surface area contributed by atoms with E-state index in [9.17, 15) is 4.79 Å². The molecule has 0 saturated heterocycles. The van der Waals surface area contributed by atoms with Crippen molar-refractivity contribution in [2.75, 3.05) is 6.61 Å². The first-order chi connectivity index (χ1) is 7.29. The minimum Gasteiger partial charge on any atom is -0.457 e. The summed E-state index contributed by atoms with van der Waals surface area (Å²) in [5.41, 5.74) is 9.11. The molecule has 2 aliphatic carbocycles. The summed E-state index contributed by atoms with van der Waals surface area (Å²) < 4.78 is 4.87. The molecule has 3 atom stereocenters. The zero-order valence-corrected chi connectivity index (χ0v) is 8.98. The molecule has 2 saturated carbocycles. The van der Waals surface area contributed by atoms with Crippen LogP contribution in [0.1, 0.15) is 32.6 Å². The number of carbonyl (C=O) groups is 1. The highest BCUT2D eigenvalue weighted by Crippen LogP contribution is 2.55. The molecule has 0 N–H and O–H groups in total. The topological polar surface area (TPSA) is 62.7 Å². The second kappa shape index (κ2) is 4.15. The van der Waals surface area contributed by atoms with Crippen molar-refractivity contribution in [1.82, 2.24) is 0 Å². The van der Waals surface area contributed by atoms with Gasteiger partial charge in [0.05, 0.1) is 12.5 Å². The Bertz CT molecular complexity index is 309. The molecule has 0 amide bonds. The van der Waals surface area contributed by atoms with Crippen LogP contribution in [0, 0.1) is 17.8 Å². The van der Waals surface area contributed by atoms with Gasteiger partial charge >= 0.3 is 11.7 Å². The Labute approximate surface area is 89.2 Å². The van der Waals surface area contributed by atoms with Crippen LogP contribution >= 0.6 is 0 Å². The predicted octanol–water partition coefficient (Wildman–Crippen LogP) is 1.66. The van der Waals surface area contributed by atoms with E-state index >= 15 is 0 Å². The average molecular weight is 208 g/mol. The molecule has 0 radical (unpaired) electrons. The van der Waals surface area contributed by atoms with Gasteiger partial charge in [-0.3, -0.25) is 0 Å². The van der Waals surface area contributed by atoms with Crippen LogP contribution < -0.4 is 0 Å². The van der Waals surface area contributed by atoms with Gasteiger partial charge in [0.2, 0.25) is 0 Å². The van der Waals surface area contributed by atoms with Gasteiger partial charge in [0.1, 0.15) is 0 Å². The van der Waals surface area contributed by atoms with Gasteiger partial charge in [-0.05, 0) is 31.6 Å². The van der Waals surface area contributed by atoms with Crippen molar-refractivity contribution in [2.24, 2.45) is 17.8 Å². The van der Waals surface area contributed by atoms with E-state index < -0.39 is 5.97 Å². The fourth-order valence-corrected chi connectivity index (χ4v) is 2.85. The summed E-state index contributed by atoms with van der Waals surface area (Å²) in [7, 11) is 0. The van der Waals surface area contributed by atoms with E-state index in [1.807, 2.05) is 0 Å². The quantitative estimate of drug-likeness (QED) is 0.306. The summed E-state index contributed by atoms with van der Waals surface area (Å²) in [6, 6.07) is 0. The van der Waals surface area contributed by atoms with E-state index in [-0.39, 0.29) is 11.6 Å². The van der Waals surface area contributed by atoms with E-state index in [2.05, 4.69) is 4.79 Å². The molecule has 2 rings (SSSR count). The van der Waals surface area contributed by atoms with Crippen LogP contribution in [-0.2, 0) is 9.53 Å². The molecule has 4 heteroatoms. The van der Waals surface area contributed by atoms with Gasteiger partial charge in [0.15, 0.2) is 0 Å². The highest BCUT2D eigenvalue weighted by molar-refractivity contribution is 6.35. The van der Waals surface area contributed by atoms with Crippen LogP contribution in [0.4, 0.5) is 0 Å². The first-order valence-corrected chi connectivity index (χ1v) is 5.68. The average Bonchev–Trinajstić information content (AvgIpc) is 2.95. The third kappa shape index (κ3) is 1.82. The number of fused-ring (bicyclic) bond motifs is 1. The molecule has 0 spiro atoms. The Morgan fingerprint density at radius 2 is 2.00 bits per heavy atom. The molecular weight excluding hydrogens is 192 g/mol. The van der Waals surface area contributed by atoms with Gasteiger partial charge < -0.3 is 10.3 Å². The number of carbonyl (C=O) groups excluding carboxylic acids is 1. The van der Waals surface area contributed by atoms with Gasteiger partial charge in [-0.15, -0.1) is 0 Å². The normalized spacial score (nSPS) is 32.5. The molecule has 0 aromatic carbocycles. The lowest BCUT2D eigenvalue weighted by molar-refractivity contribution is -0.140. The number of rotatable bonds is 3. The molecule has 4 nitrogen and oxygen atoms in total. The first-order valence-electron chi connectivity index (χ1n) is 5.68. The molecule has 0 aromatic rings. The molecule has 82 valence electrons. The molecule has 0 aliphatic heterocycles. The third-order valence-corrected chi connectivity index (χ3v) is 3.56. The first kappa shape index (κ1) is 10.4. The summed E-state index contributed by atoms with van der Waals surface area (Å²) in [6.45, 7) is 2.09. The van der Waals surface area contributed by atoms with Crippen molar-refractivity contribution >= 4 is 11.7 Å². The zero-order chi connectivity index (χ0) is 10.8. The van der Waals surface area contributed by atoms with Crippen molar-refractivity contribution in [1.29, 1.82) is 0 Å². The Kier molecular flexibility index (Phi) is 2.87. The molecule has 0 aromatic heterocycles. The van der Waals surface area contributed by atoms with Crippen LogP contribution in [-0.4, -0.2) is 23.1 Å². The SMILES string of the molecule is CCOC(=O)C(=[N+]=[N-])C1[C@H]2CCCC[C@@H]12. The number of hydrogen-bond acceptors (Lipinski definition) is 2. The molecule has 0 heterocycles. The Morgan fingerprint density at radius 1 is 1.40 bits per heavy atom. The lowest BCUT2D eigenvalue weighted by Gasteiger charge is -2.04. The summed E-state index contributed by atoms with van der Waals surface area (Å²) in [4.78, 5) is 14.6. The summed E-state index contributed by atoms with van der Waals surface area (Å²) >= 11 is 0. The lowest BCUT2D eigenvalue weighted by atomic mass is 10.0. The second-order valence-corrected chi connectivity index (χ2v) is 4.34. The van der Waals surface area contributed by atoms with Crippen LogP contribution in [0.25, 0.3) is 5.53 Å². The fourth-order valence-electron chi connectivity index (χ4n) is 2.85. The van der Waals surface area contributed by atoms with Gasteiger partial charge in [-0.2, -0.15) is 4.79 Å². The highest BCUT2D eigenvalue weighted by Gasteiger charge is 2.59. The van der Waals surface area contributed by atoms with Gasteiger partial charge in [-0.1, -0.05) is 12.8 Å². The van der Waals surface area contributed by atoms with Gasteiger partial charge in [0.25, 0.3) is 0 Å². The largest absolute Gasteiger partial charge is 0.457 e. The standard InChI is InChI=1S/C11H16N2O2/c1-2-15-11(14)10(13-12)9-7-5-3-4-6-8(7)9/h7-9H,2-6H2,1H3/t7-,8+,9?. The van der Waals surface area contributed by atoms with E-state index in [0.29, 0.717) is 18.4 Å². The zero-order valence-electron chi connectivity index (χ0n) is 8.98. The molecular formula is C11H16N2O2. The van der Waals surface area contributed by atoms with Crippen molar-refractivity contribution in [3.63, 3.8) is 0 Å². The van der Waals surface area contributed by atoms with Crippen LogP contribution in [0.3, 0.4) is 0 Å². The van der Waals surface area contributed by atoms with Crippen LogP contribution in [0.5, 0.6) is 0 Å². The monoisotopic (exact) mass is 208 g/mol. The van der Waals surface area contributed by atoms with Crippen molar-refractivity contribution < 1.29 is 14.3 Å². The minimum absolute atomic E-state index is 0.163. The van der Waals surface area contributed by atoms with Crippen molar-refractivity contribution in [2.45, 2.75) is 32.6 Å². The van der Waals surface area contributed by atoms with Crippen molar-refractivity contribution in [3.05, 3.63) is 5.53 Å². The maximum absolute atomic E-state index is 11.5. The predicted molar refractivity (Wildman–Crippen MR) is 54.2 cm³/mol. The molecule has 1 unspecified atom stereocenters. The Balaban J connectivity index is 2.03. The summed E-state index contributed by atoms with van der Waals surface area (Å²) in [5, 5.41) is 0. The van der Waals surface area contributed by atoms with Crippen LogP contribution in [0.2, 0.25) is 0 Å². The summed E-state index contributed by atoms with van der Waals surface area (Å²) in [6.07, 6.45) is 4.79. The van der Waals surface area contributed by atoms with E-state index in [1.54, 1.807) is 6.92 Å². The molecule has 2 fully saturated rings. The maximum Gasteiger partial charge on any atom is 0.417 e. The van der Waals surface area contributed by atoms with Crippen molar-refractivity contribution in [3.8, 4) is 0 Å². The molecule has 15 heavy (non-hydrogen) atoms. The Hall–Kier alpha value is -1.15. The smallest absolute Gasteiger partial charge is 0.417 e. The van der Waals surface area contributed by atoms with Gasteiger partial charge in [0, 0.05) is 0 Å². The maximum atomic E-state index is 11.5. The number of esters is 1. The number of nitrogens with zero attached hydrogens (tertiary/aromatic N) is 2. The van der Waals surface area contributed by atoms with E-state index in [1.165, 1.54) is 12.8 Å². The molecule has 0 bridgehead atoms. The minimum atomic E-state index is -0.445. The second-order valence-electron chi connectivity index (χ2n) is 4.34. The lowest BCUT2D eigenvalue weighted by Crippen LogP contribution is -2.21. The number of hydrogen-bond donors (Lipinski definition) is 0. The third-order valence-electron chi connectivity index (χ3n) is 3.56.